The van der Waals surface area contributed by atoms with Crippen molar-refractivity contribution >= 4 is 46.4 Å². The normalized spacial score (nSPS) is 25.4. The summed E-state index contributed by atoms with van der Waals surface area (Å²) in [6, 6.07) is 5.17. The molecule has 0 unspecified atom stereocenters. The van der Waals surface area contributed by atoms with Crippen LogP contribution in [0.5, 0.6) is 0 Å². The number of ether oxygens (including phenoxy) is 3. The molecule has 2 heterocycles. The molecule has 5 rings (SSSR count). The molecular weight excluding hydrogens is 687 g/mol. The molecule has 0 bridgehead atoms. The van der Waals surface area contributed by atoms with Gasteiger partial charge in [-0.25, -0.2) is 14.0 Å². The lowest BCUT2D eigenvalue weighted by Crippen LogP contribution is -2.50. The third-order valence-electron chi connectivity index (χ3n) is 11.0. The molecule has 4 amide bonds. The summed E-state index contributed by atoms with van der Waals surface area (Å²) in [5.41, 5.74) is 0.198. The minimum absolute atomic E-state index is 0.0223. The number of likely N-dealkylation sites (N-methyl/N-ethyl adjacent to an activating group) is 1. The number of alkyl halides is 1. The van der Waals surface area contributed by atoms with Crippen molar-refractivity contribution in [2.45, 2.75) is 102 Å². The molecule has 14 heteroatoms. The number of benzene rings is 1. The van der Waals surface area contributed by atoms with E-state index in [-0.39, 0.29) is 53.3 Å². The number of rotatable bonds is 11. The number of furan rings is 1. The van der Waals surface area contributed by atoms with Crippen molar-refractivity contribution in [2.24, 2.45) is 23.7 Å². The fourth-order valence-corrected chi connectivity index (χ4v) is 8.16. The molecule has 0 spiro atoms. The third kappa shape index (κ3) is 10.1. The minimum atomic E-state index is -0.776. The highest BCUT2D eigenvalue weighted by atomic mass is 19.1. The van der Waals surface area contributed by atoms with Gasteiger partial charge in [0.25, 0.3) is 5.91 Å². The summed E-state index contributed by atoms with van der Waals surface area (Å²) < 4.78 is 35.8. The van der Waals surface area contributed by atoms with Crippen molar-refractivity contribution in [2.75, 3.05) is 46.3 Å². The number of halogens is 1. The Bertz CT molecular complexity index is 1620. The molecule has 53 heavy (non-hydrogen) atoms. The summed E-state index contributed by atoms with van der Waals surface area (Å²) in [6.45, 7) is 4.59. The number of nitrogens with zero attached hydrogens (tertiary/aromatic N) is 2. The highest BCUT2D eigenvalue weighted by Gasteiger charge is 2.47. The molecule has 13 nitrogen and oxygen atoms in total. The maximum absolute atomic E-state index is 14.3. The molecule has 3 aliphatic rings. The number of nitrogens with one attached hydrogen (secondary N) is 2. The molecule has 1 aliphatic heterocycles. The molecule has 1 aromatic carbocycles. The zero-order valence-corrected chi connectivity index (χ0v) is 31.8. The Morgan fingerprint density at radius 2 is 1.68 bits per heavy atom. The maximum atomic E-state index is 14.3. The van der Waals surface area contributed by atoms with Gasteiger partial charge in [-0.05, 0) is 121 Å². The van der Waals surface area contributed by atoms with Gasteiger partial charge in [-0.3, -0.25) is 14.4 Å². The fraction of sp³-hybridized carbons (Fsp3) is 0.667. The highest BCUT2D eigenvalue weighted by molar-refractivity contribution is 6.00. The summed E-state index contributed by atoms with van der Waals surface area (Å²) in [4.78, 5) is 68.3. The number of methoxy groups -OCH3 is 1. The largest absolute Gasteiger partial charge is 0.450 e. The van der Waals surface area contributed by atoms with Crippen LogP contribution in [0.2, 0.25) is 0 Å². The van der Waals surface area contributed by atoms with Crippen LogP contribution >= 0.6 is 0 Å². The van der Waals surface area contributed by atoms with Gasteiger partial charge >= 0.3 is 12.1 Å². The summed E-state index contributed by atoms with van der Waals surface area (Å²) >= 11 is 0. The molecule has 0 radical (unpaired) electrons. The van der Waals surface area contributed by atoms with Gasteiger partial charge in [0.2, 0.25) is 17.6 Å². The van der Waals surface area contributed by atoms with Crippen molar-refractivity contribution in [1.82, 2.24) is 15.1 Å². The van der Waals surface area contributed by atoms with Crippen molar-refractivity contribution in [3.8, 4) is 0 Å². The van der Waals surface area contributed by atoms with E-state index < -0.39 is 43.0 Å². The number of carbonyl (C=O) groups is 5. The standard InChI is InChI=1S/C39H55FN4O9/c1-39(2,3)53-38(49)42-30(21-40)24-7-9-25(10-8-24)36(47)44-18-17-29(23-11-14-28(50-6)15-12-23)34(44)35(46)41-27-13-16-31-26(19-27)20-32(52-31)37(48)51-22-33(45)43(4)5/h13,16,19-20,23-25,28-30,34H,7-12,14-15,17-18,21-22H2,1-6H3,(H,41,46)(H,42,49)/t23-,24-,25-,28-,29-,30+,34-/m0/s1. The topological polar surface area (TPSA) is 157 Å². The van der Waals surface area contributed by atoms with E-state index >= 15 is 0 Å². The molecule has 2 saturated carbocycles. The Balaban J connectivity index is 1.27. The van der Waals surface area contributed by atoms with E-state index in [1.165, 1.54) is 11.0 Å². The molecule has 2 aromatic rings. The van der Waals surface area contributed by atoms with Gasteiger partial charge in [0.05, 0.1) is 12.1 Å². The van der Waals surface area contributed by atoms with E-state index in [1.54, 1.807) is 65.1 Å². The third-order valence-corrected chi connectivity index (χ3v) is 11.0. The maximum Gasteiger partial charge on any atom is 0.407 e. The summed E-state index contributed by atoms with van der Waals surface area (Å²) in [5, 5.41) is 6.29. The van der Waals surface area contributed by atoms with Gasteiger partial charge in [-0.2, -0.15) is 0 Å². The average molecular weight is 743 g/mol. The van der Waals surface area contributed by atoms with Gasteiger partial charge in [-0.15, -0.1) is 0 Å². The van der Waals surface area contributed by atoms with Crippen LogP contribution in [-0.4, -0.2) is 104 Å². The monoisotopic (exact) mass is 742 g/mol. The van der Waals surface area contributed by atoms with E-state index in [1.807, 2.05) is 0 Å². The van der Waals surface area contributed by atoms with Crippen molar-refractivity contribution in [3.05, 3.63) is 30.0 Å². The summed E-state index contributed by atoms with van der Waals surface area (Å²) in [6.07, 6.45) is 6.11. The number of amides is 4. The molecule has 1 aromatic heterocycles. The van der Waals surface area contributed by atoms with E-state index in [0.717, 1.165) is 25.7 Å². The number of anilines is 1. The number of hydrogen-bond donors (Lipinski definition) is 2. The lowest BCUT2D eigenvalue weighted by molar-refractivity contribution is -0.142. The second-order valence-corrected chi connectivity index (χ2v) is 15.9. The van der Waals surface area contributed by atoms with Gasteiger partial charge in [-0.1, -0.05) is 0 Å². The lowest BCUT2D eigenvalue weighted by Gasteiger charge is -2.38. The van der Waals surface area contributed by atoms with Crippen molar-refractivity contribution < 1.29 is 47.0 Å². The fourth-order valence-electron chi connectivity index (χ4n) is 8.16. The summed E-state index contributed by atoms with van der Waals surface area (Å²) in [5.74, 6) is -1.73. The number of alkyl carbamates (subject to hydrolysis) is 1. The molecule has 2 N–H and O–H groups in total. The van der Waals surface area contributed by atoms with Crippen LogP contribution in [0.15, 0.2) is 28.7 Å². The van der Waals surface area contributed by atoms with E-state index in [2.05, 4.69) is 10.6 Å². The second-order valence-electron chi connectivity index (χ2n) is 15.9. The van der Waals surface area contributed by atoms with Crippen LogP contribution in [0.4, 0.5) is 14.9 Å². The number of hydrogen-bond acceptors (Lipinski definition) is 9. The Morgan fingerprint density at radius 1 is 0.981 bits per heavy atom. The molecule has 292 valence electrons. The van der Waals surface area contributed by atoms with Gasteiger partial charge in [0.15, 0.2) is 6.61 Å². The van der Waals surface area contributed by atoms with Crippen LogP contribution < -0.4 is 10.6 Å². The van der Waals surface area contributed by atoms with Gasteiger partial charge in [0, 0.05) is 44.7 Å². The second kappa shape index (κ2) is 17.3. The number of esters is 1. The minimum Gasteiger partial charge on any atom is -0.450 e. The van der Waals surface area contributed by atoms with Crippen molar-refractivity contribution in [3.63, 3.8) is 0 Å². The first-order valence-electron chi connectivity index (χ1n) is 18.8. The highest BCUT2D eigenvalue weighted by Crippen LogP contribution is 2.42. The molecule has 2 aliphatic carbocycles. The van der Waals surface area contributed by atoms with Crippen LogP contribution in [0.1, 0.15) is 89.1 Å². The zero-order valence-electron chi connectivity index (χ0n) is 31.8. The van der Waals surface area contributed by atoms with Gasteiger partial charge < -0.3 is 39.1 Å². The van der Waals surface area contributed by atoms with Crippen LogP contribution in [0, 0.1) is 23.7 Å². The smallest absolute Gasteiger partial charge is 0.407 e. The van der Waals surface area contributed by atoms with Gasteiger partial charge in [0.1, 0.15) is 23.9 Å². The zero-order chi connectivity index (χ0) is 38.4. The molecule has 3 atom stereocenters. The molecule has 3 fully saturated rings. The Kier molecular flexibility index (Phi) is 13.1. The Labute approximate surface area is 310 Å². The Morgan fingerprint density at radius 3 is 2.30 bits per heavy atom. The first-order chi connectivity index (χ1) is 25.2. The number of fused-ring (bicyclic) bond motifs is 1. The summed E-state index contributed by atoms with van der Waals surface area (Å²) in [7, 11) is 4.85. The molecular formula is C39H55FN4O9. The molecule has 1 saturated heterocycles. The van der Waals surface area contributed by atoms with E-state index in [4.69, 9.17) is 18.6 Å². The first-order valence-corrected chi connectivity index (χ1v) is 18.8. The lowest BCUT2D eigenvalue weighted by atomic mass is 9.75. The van der Waals surface area contributed by atoms with E-state index in [0.29, 0.717) is 55.3 Å². The van der Waals surface area contributed by atoms with Crippen molar-refractivity contribution in [1.29, 1.82) is 0 Å². The van der Waals surface area contributed by atoms with E-state index in [9.17, 15) is 28.4 Å². The number of likely N-dealkylation sites (tertiary alicyclic amines) is 1. The predicted molar refractivity (Wildman–Crippen MR) is 195 cm³/mol. The van der Waals surface area contributed by atoms with Crippen LogP contribution in [-0.2, 0) is 28.6 Å². The Hall–Kier alpha value is -4.20. The number of carbonyl (C=O) groups excluding carboxylic acids is 5. The first kappa shape index (κ1) is 40.0. The van der Waals surface area contributed by atoms with Crippen LogP contribution in [0.25, 0.3) is 11.0 Å². The SMILES string of the molecule is CO[C@H]1CC[C@H]([C@@H]2CCN(C(=O)[C@H]3CC[C@H]([C@@H](CF)NC(=O)OC(C)(C)C)CC3)[C@@H]2C(=O)Nc2ccc3oc(C(=O)OCC(=O)N(C)C)cc3c2)CC1. The van der Waals surface area contributed by atoms with Crippen LogP contribution in [0.3, 0.4) is 0 Å². The quantitative estimate of drug-likeness (QED) is 0.276. The average Bonchev–Trinajstić information content (AvgIpc) is 3.77. The predicted octanol–water partition coefficient (Wildman–Crippen LogP) is 5.71.